The van der Waals surface area contributed by atoms with E-state index in [1.54, 1.807) is 6.07 Å². The lowest BCUT2D eigenvalue weighted by molar-refractivity contribution is -0.147. The molecule has 1 saturated carbocycles. The van der Waals surface area contributed by atoms with Crippen molar-refractivity contribution in [3.63, 3.8) is 0 Å². The lowest BCUT2D eigenvalue weighted by Gasteiger charge is -2.37. The smallest absolute Gasteiger partial charge is 0.313 e. The first-order valence-electron chi connectivity index (χ1n) is 6.24. The van der Waals surface area contributed by atoms with Gasteiger partial charge in [0, 0.05) is 4.47 Å². The Kier molecular flexibility index (Phi) is 4.07. The van der Waals surface area contributed by atoms with E-state index in [0.29, 0.717) is 18.4 Å². The van der Waals surface area contributed by atoms with Crippen LogP contribution in [-0.4, -0.2) is 21.8 Å². The number of carboxylic acid groups (broad SMARTS) is 1. The number of halogens is 1. The van der Waals surface area contributed by atoms with Gasteiger partial charge in [-0.05, 0) is 24.5 Å². The van der Waals surface area contributed by atoms with Crippen LogP contribution >= 0.6 is 15.9 Å². The lowest BCUT2D eigenvalue weighted by atomic mass is 9.73. The Morgan fingerprint density at radius 1 is 1.22 bits per heavy atom. The fourth-order valence-electron chi connectivity index (χ4n) is 2.81. The predicted molar refractivity (Wildman–Crippen MR) is 72.6 cm³/mol. The van der Waals surface area contributed by atoms with Crippen molar-refractivity contribution in [1.29, 1.82) is 0 Å². The molecule has 2 N–H and O–H groups in total. The highest BCUT2D eigenvalue weighted by atomic mass is 79.9. The number of hydrogen-bond donors (Lipinski definition) is 2. The highest BCUT2D eigenvalue weighted by Crippen LogP contribution is 2.42. The number of carbonyl (C=O) groups is 1. The normalized spacial score (nSPS) is 20.3. The third-order valence-electron chi connectivity index (χ3n) is 3.72. The average Bonchev–Trinajstić information content (AvgIpc) is 2.32. The number of aliphatic hydroxyl groups is 1. The molecule has 1 atom stereocenters. The average molecular weight is 313 g/mol. The Balaban J connectivity index is 2.40. The second-order valence-corrected chi connectivity index (χ2v) is 5.81. The van der Waals surface area contributed by atoms with Gasteiger partial charge in [-0.2, -0.15) is 0 Å². The molecule has 1 aliphatic carbocycles. The van der Waals surface area contributed by atoms with Gasteiger partial charge in [0.2, 0.25) is 0 Å². The summed E-state index contributed by atoms with van der Waals surface area (Å²) in [6, 6.07) is 7.24. The van der Waals surface area contributed by atoms with Crippen molar-refractivity contribution in [2.24, 2.45) is 0 Å². The first-order chi connectivity index (χ1) is 8.54. The van der Waals surface area contributed by atoms with Crippen molar-refractivity contribution >= 4 is 21.9 Å². The van der Waals surface area contributed by atoms with Crippen molar-refractivity contribution in [1.82, 2.24) is 0 Å². The van der Waals surface area contributed by atoms with E-state index < -0.39 is 17.5 Å². The highest BCUT2D eigenvalue weighted by molar-refractivity contribution is 9.10. The Hall–Kier alpha value is -0.870. The molecule has 4 heteroatoms. The van der Waals surface area contributed by atoms with Gasteiger partial charge in [-0.1, -0.05) is 53.4 Å². The second-order valence-electron chi connectivity index (χ2n) is 4.96. The molecule has 0 amide bonds. The van der Waals surface area contributed by atoms with E-state index in [2.05, 4.69) is 15.9 Å². The van der Waals surface area contributed by atoms with E-state index in [1.165, 1.54) is 0 Å². The van der Waals surface area contributed by atoms with Crippen LogP contribution in [0, 0.1) is 0 Å². The Bertz CT molecular complexity index is 438. The second kappa shape index (κ2) is 5.41. The van der Waals surface area contributed by atoms with Crippen LogP contribution in [0.4, 0.5) is 0 Å². The molecule has 1 aliphatic rings. The minimum Gasteiger partial charge on any atom is -0.481 e. The van der Waals surface area contributed by atoms with E-state index in [-0.39, 0.29) is 0 Å². The Labute approximate surface area is 115 Å². The summed E-state index contributed by atoms with van der Waals surface area (Å²) in [5.41, 5.74) is -0.456. The molecule has 0 aliphatic heterocycles. The number of carboxylic acids is 1. The van der Waals surface area contributed by atoms with Crippen LogP contribution in [0.3, 0.4) is 0 Å². The maximum absolute atomic E-state index is 11.6. The predicted octanol–water partition coefficient (Wildman–Crippen LogP) is 3.31. The monoisotopic (exact) mass is 312 g/mol. The molecule has 0 aromatic heterocycles. The zero-order valence-corrected chi connectivity index (χ0v) is 11.7. The quantitative estimate of drug-likeness (QED) is 0.900. The number of hydrogen-bond acceptors (Lipinski definition) is 2. The summed E-state index contributed by atoms with van der Waals surface area (Å²) in [5, 5.41) is 20.2. The Morgan fingerprint density at radius 2 is 1.83 bits per heavy atom. The molecular formula is C14H17BrO3. The first-order valence-corrected chi connectivity index (χ1v) is 7.03. The summed E-state index contributed by atoms with van der Waals surface area (Å²) in [4.78, 5) is 11.6. The van der Waals surface area contributed by atoms with Gasteiger partial charge in [-0.25, -0.2) is 0 Å². The van der Waals surface area contributed by atoms with E-state index in [9.17, 15) is 15.0 Å². The summed E-state index contributed by atoms with van der Waals surface area (Å²) in [6.07, 6.45) is 3.98. The standard InChI is InChI=1S/C14H17BrO3/c15-11-7-3-2-6-10(11)12(13(16)17)14(18)8-4-1-5-9-14/h2-3,6-7,12,18H,1,4-5,8-9H2,(H,16,17)/t12-/m0/s1. The van der Waals surface area contributed by atoms with Gasteiger partial charge in [-0.3, -0.25) is 4.79 Å². The molecule has 98 valence electrons. The van der Waals surface area contributed by atoms with Crippen molar-refractivity contribution in [3.8, 4) is 0 Å². The summed E-state index contributed by atoms with van der Waals surface area (Å²) in [6.45, 7) is 0. The summed E-state index contributed by atoms with van der Waals surface area (Å²) in [7, 11) is 0. The van der Waals surface area contributed by atoms with Gasteiger partial charge in [0.05, 0.1) is 5.60 Å². The van der Waals surface area contributed by atoms with Gasteiger partial charge in [0.25, 0.3) is 0 Å². The van der Waals surface area contributed by atoms with E-state index in [1.807, 2.05) is 18.2 Å². The van der Waals surface area contributed by atoms with Gasteiger partial charge in [0.1, 0.15) is 5.92 Å². The van der Waals surface area contributed by atoms with Crippen LogP contribution < -0.4 is 0 Å². The molecule has 1 aromatic rings. The molecule has 1 fully saturated rings. The zero-order valence-electron chi connectivity index (χ0n) is 10.1. The van der Waals surface area contributed by atoms with Crippen molar-refractivity contribution in [2.45, 2.75) is 43.6 Å². The van der Waals surface area contributed by atoms with Crippen LogP contribution in [-0.2, 0) is 4.79 Å². The van der Waals surface area contributed by atoms with Crippen LogP contribution in [0.25, 0.3) is 0 Å². The van der Waals surface area contributed by atoms with Gasteiger partial charge in [0.15, 0.2) is 0 Å². The third kappa shape index (κ3) is 2.59. The number of benzene rings is 1. The molecule has 0 bridgehead atoms. The van der Waals surface area contributed by atoms with E-state index >= 15 is 0 Å². The van der Waals surface area contributed by atoms with Crippen LogP contribution in [0.2, 0.25) is 0 Å². The molecular weight excluding hydrogens is 296 g/mol. The van der Waals surface area contributed by atoms with Crippen molar-refractivity contribution in [2.75, 3.05) is 0 Å². The van der Waals surface area contributed by atoms with Gasteiger partial charge in [-0.15, -0.1) is 0 Å². The third-order valence-corrected chi connectivity index (χ3v) is 4.44. The molecule has 1 aromatic carbocycles. The van der Waals surface area contributed by atoms with Crippen molar-refractivity contribution in [3.05, 3.63) is 34.3 Å². The maximum Gasteiger partial charge on any atom is 0.313 e. The number of rotatable bonds is 3. The minimum atomic E-state index is -1.12. The molecule has 0 saturated heterocycles. The van der Waals surface area contributed by atoms with E-state index in [0.717, 1.165) is 23.7 Å². The summed E-state index contributed by atoms with van der Waals surface area (Å²) >= 11 is 3.38. The first kappa shape index (κ1) is 13.6. The molecule has 2 rings (SSSR count). The Morgan fingerprint density at radius 3 is 2.39 bits per heavy atom. The van der Waals surface area contributed by atoms with Crippen LogP contribution in [0.5, 0.6) is 0 Å². The fourth-order valence-corrected chi connectivity index (χ4v) is 3.33. The lowest BCUT2D eigenvalue weighted by Crippen LogP contribution is -2.42. The molecule has 0 spiro atoms. The SMILES string of the molecule is O=C(O)[C@H](c1ccccc1Br)C1(O)CCCCC1. The largest absolute Gasteiger partial charge is 0.481 e. The highest BCUT2D eigenvalue weighted by Gasteiger charge is 2.43. The molecule has 0 heterocycles. The maximum atomic E-state index is 11.6. The van der Waals surface area contributed by atoms with Gasteiger partial charge >= 0.3 is 5.97 Å². The fraction of sp³-hybridized carbons (Fsp3) is 0.500. The van der Waals surface area contributed by atoms with E-state index in [4.69, 9.17) is 0 Å². The summed E-state index contributed by atoms with van der Waals surface area (Å²) in [5.74, 6) is -1.81. The molecule has 0 unspecified atom stereocenters. The van der Waals surface area contributed by atoms with Crippen LogP contribution in [0.15, 0.2) is 28.7 Å². The van der Waals surface area contributed by atoms with Crippen molar-refractivity contribution < 1.29 is 15.0 Å². The molecule has 3 nitrogen and oxygen atoms in total. The molecule has 0 radical (unpaired) electrons. The number of aliphatic carboxylic acids is 1. The summed E-state index contributed by atoms with van der Waals surface area (Å²) < 4.78 is 0.747. The van der Waals surface area contributed by atoms with Gasteiger partial charge < -0.3 is 10.2 Å². The minimum absolute atomic E-state index is 0.561. The zero-order chi connectivity index (χ0) is 13.2. The topological polar surface area (TPSA) is 57.5 Å². The molecule has 18 heavy (non-hydrogen) atoms. The van der Waals surface area contributed by atoms with Crippen LogP contribution in [0.1, 0.15) is 43.6 Å².